The summed E-state index contributed by atoms with van der Waals surface area (Å²) in [5.41, 5.74) is 1.77. The third-order valence-electron chi connectivity index (χ3n) is 3.94. The maximum atomic E-state index is 12.3. The normalized spacial score (nSPS) is 12.6. The molecule has 2 aromatic carbocycles. The van der Waals surface area contributed by atoms with Gasteiger partial charge in [0.1, 0.15) is 13.2 Å². The monoisotopic (exact) mass is 403 g/mol. The standard InChI is InChI=1S/C21H25NO5S/c1-2-24-8-9-25-14-16-4-3-5-17(12-16)22-21(23)15-28-18-6-7-19-20(13-18)27-11-10-26-19/h3-7,12-13H,2,8-11,14-15H2,1H3,(H,22,23). The van der Waals surface area contributed by atoms with Crippen LogP contribution in [0.1, 0.15) is 12.5 Å². The minimum Gasteiger partial charge on any atom is -0.486 e. The molecule has 1 aliphatic rings. The first-order valence-electron chi connectivity index (χ1n) is 9.31. The maximum Gasteiger partial charge on any atom is 0.234 e. The summed E-state index contributed by atoms with van der Waals surface area (Å²) in [6, 6.07) is 13.4. The molecule has 3 rings (SSSR count). The number of carbonyl (C=O) groups excluding carboxylic acids is 1. The highest BCUT2D eigenvalue weighted by Crippen LogP contribution is 2.34. The second kappa shape index (κ2) is 10.9. The molecule has 2 aromatic rings. The van der Waals surface area contributed by atoms with Gasteiger partial charge in [-0.3, -0.25) is 4.79 Å². The second-order valence-electron chi connectivity index (χ2n) is 6.09. The van der Waals surface area contributed by atoms with Crippen molar-refractivity contribution in [2.24, 2.45) is 0 Å². The van der Waals surface area contributed by atoms with E-state index in [4.69, 9.17) is 18.9 Å². The Labute approximate surface area is 169 Å². The van der Waals surface area contributed by atoms with Crippen molar-refractivity contribution in [3.05, 3.63) is 48.0 Å². The molecular formula is C21H25NO5S. The number of carbonyl (C=O) groups is 1. The Bertz CT molecular complexity index is 783. The van der Waals surface area contributed by atoms with Crippen LogP contribution in [0.2, 0.25) is 0 Å². The molecule has 0 bridgehead atoms. The lowest BCUT2D eigenvalue weighted by atomic mass is 10.2. The molecule has 0 saturated carbocycles. The summed E-state index contributed by atoms with van der Waals surface area (Å²) in [7, 11) is 0. The Morgan fingerprint density at radius 2 is 1.89 bits per heavy atom. The predicted molar refractivity (Wildman–Crippen MR) is 109 cm³/mol. The van der Waals surface area contributed by atoms with Gasteiger partial charge >= 0.3 is 0 Å². The van der Waals surface area contributed by atoms with E-state index >= 15 is 0 Å². The van der Waals surface area contributed by atoms with Gasteiger partial charge in [0.05, 0.1) is 25.6 Å². The molecule has 1 aliphatic heterocycles. The summed E-state index contributed by atoms with van der Waals surface area (Å²) in [4.78, 5) is 13.3. The molecule has 150 valence electrons. The molecular weight excluding hydrogens is 378 g/mol. The van der Waals surface area contributed by atoms with Crippen molar-refractivity contribution in [3.8, 4) is 11.5 Å². The highest BCUT2D eigenvalue weighted by atomic mass is 32.2. The van der Waals surface area contributed by atoms with E-state index in [1.807, 2.05) is 49.4 Å². The van der Waals surface area contributed by atoms with E-state index in [-0.39, 0.29) is 5.91 Å². The summed E-state index contributed by atoms with van der Waals surface area (Å²) in [5, 5.41) is 2.93. The van der Waals surface area contributed by atoms with Gasteiger partial charge in [-0.05, 0) is 42.8 Å². The minimum absolute atomic E-state index is 0.0608. The third kappa shape index (κ3) is 6.44. The molecule has 1 N–H and O–H groups in total. The molecule has 0 atom stereocenters. The fraction of sp³-hybridized carbons (Fsp3) is 0.381. The van der Waals surface area contributed by atoms with Crippen LogP contribution in [0.25, 0.3) is 0 Å². The molecule has 7 heteroatoms. The molecule has 0 spiro atoms. The third-order valence-corrected chi connectivity index (χ3v) is 4.93. The Morgan fingerprint density at radius 3 is 2.75 bits per heavy atom. The molecule has 0 saturated heterocycles. The van der Waals surface area contributed by atoms with Gasteiger partial charge in [-0.1, -0.05) is 12.1 Å². The first-order chi connectivity index (χ1) is 13.7. The summed E-state index contributed by atoms with van der Waals surface area (Å²) in [5.74, 6) is 1.73. The van der Waals surface area contributed by atoms with Crippen LogP contribution >= 0.6 is 11.8 Å². The minimum atomic E-state index is -0.0608. The second-order valence-corrected chi connectivity index (χ2v) is 7.14. The van der Waals surface area contributed by atoms with E-state index in [1.165, 1.54) is 11.8 Å². The molecule has 0 aliphatic carbocycles. The fourth-order valence-corrected chi connectivity index (χ4v) is 3.38. The maximum absolute atomic E-state index is 12.3. The Morgan fingerprint density at radius 1 is 1.07 bits per heavy atom. The lowest BCUT2D eigenvalue weighted by Gasteiger charge is -2.18. The van der Waals surface area contributed by atoms with Gasteiger partial charge in [0, 0.05) is 17.2 Å². The van der Waals surface area contributed by atoms with Crippen molar-refractivity contribution in [3.63, 3.8) is 0 Å². The topological polar surface area (TPSA) is 66.0 Å². The summed E-state index contributed by atoms with van der Waals surface area (Å²) in [6.07, 6.45) is 0. The number of nitrogens with one attached hydrogen (secondary N) is 1. The van der Waals surface area contributed by atoms with Crippen molar-refractivity contribution in [1.29, 1.82) is 0 Å². The number of hydrogen-bond acceptors (Lipinski definition) is 6. The molecule has 6 nitrogen and oxygen atoms in total. The Kier molecular flexibility index (Phi) is 8.02. The van der Waals surface area contributed by atoms with Crippen LogP contribution in [0, 0.1) is 0 Å². The first-order valence-corrected chi connectivity index (χ1v) is 10.3. The van der Waals surface area contributed by atoms with Crippen molar-refractivity contribution >= 4 is 23.4 Å². The van der Waals surface area contributed by atoms with Crippen LogP contribution in [-0.4, -0.2) is 44.7 Å². The Balaban J connectivity index is 1.45. The molecule has 0 aromatic heterocycles. The van der Waals surface area contributed by atoms with Gasteiger partial charge in [-0.15, -0.1) is 11.8 Å². The van der Waals surface area contributed by atoms with Crippen LogP contribution in [0.3, 0.4) is 0 Å². The van der Waals surface area contributed by atoms with Crippen molar-refractivity contribution in [2.45, 2.75) is 18.4 Å². The fourth-order valence-electron chi connectivity index (χ4n) is 2.65. The quantitative estimate of drug-likeness (QED) is 0.482. The van der Waals surface area contributed by atoms with Gasteiger partial charge in [-0.25, -0.2) is 0 Å². The number of anilines is 1. The van der Waals surface area contributed by atoms with E-state index < -0.39 is 0 Å². The van der Waals surface area contributed by atoms with Crippen LogP contribution in [-0.2, 0) is 20.9 Å². The summed E-state index contributed by atoms with van der Waals surface area (Å²) >= 11 is 1.46. The van der Waals surface area contributed by atoms with Crippen molar-refractivity contribution in [1.82, 2.24) is 0 Å². The lowest BCUT2D eigenvalue weighted by Crippen LogP contribution is -2.15. The average molecular weight is 404 g/mol. The number of ether oxygens (including phenoxy) is 4. The number of benzene rings is 2. The van der Waals surface area contributed by atoms with Crippen LogP contribution in [0.4, 0.5) is 5.69 Å². The van der Waals surface area contributed by atoms with Gasteiger partial charge in [0.2, 0.25) is 5.91 Å². The number of rotatable bonds is 10. The largest absolute Gasteiger partial charge is 0.486 e. The zero-order valence-corrected chi connectivity index (χ0v) is 16.8. The van der Waals surface area contributed by atoms with Crippen LogP contribution in [0.15, 0.2) is 47.4 Å². The van der Waals surface area contributed by atoms with Crippen LogP contribution < -0.4 is 14.8 Å². The number of hydrogen-bond donors (Lipinski definition) is 1. The van der Waals surface area contributed by atoms with Crippen molar-refractivity contribution in [2.75, 3.05) is 44.1 Å². The van der Waals surface area contributed by atoms with Gasteiger partial charge < -0.3 is 24.3 Å². The highest BCUT2D eigenvalue weighted by Gasteiger charge is 2.12. The predicted octanol–water partition coefficient (Wildman–Crippen LogP) is 3.74. The zero-order valence-electron chi connectivity index (χ0n) is 15.9. The van der Waals surface area contributed by atoms with E-state index in [2.05, 4.69) is 5.32 Å². The smallest absolute Gasteiger partial charge is 0.234 e. The summed E-state index contributed by atoms with van der Waals surface area (Å²) in [6.45, 7) is 5.39. The molecule has 28 heavy (non-hydrogen) atoms. The SMILES string of the molecule is CCOCCOCc1cccc(NC(=O)CSc2ccc3c(c2)OCCO3)c1. The highest BCUT2D eigenvalue weighted by molar-refractivity contribution is 8.00. The summed E-state index contributed by atoms with van der Waals surface area (Å²) < 4.78 is 21.9. The van der Waals surface area contributed by atoms with Gasteiger partial charge in [-0.2, -0.15) is 0 Å². The van der Waals surface area contributed by atoms with E-state index in [9.17, 15) is 4.79 Å². The van der Waals surface area contributed by atoms with E-state index in [0.717, 1.165) is 27.6 Å². The van der Waals surface area contributed by atoms with Crippen LogP contribution in [0.5, 0.6) is 11.5 Å². The van der Waals surface area contributed by atoms with Crippen molar-refractivity contribution < 1.29 is 23.7 Å². The molecule has 0 fully saturated rings. The van der Waals surface area contributed by atoms with Gasteiger partial charge in [0.15, 0.2) is 11.5 Å². The molecule has 1 amide bonds. The first kappa shape index (κ1) is 20.5. The average Bonchev–Trinajstić information content (AvgIpc) is 2.72. The number of fused-ring (bicyclic) bond motifs is 1. The Hall–Kier alpha value is -2.22. The molecule has 1 heterocycles. The van der Waals surface area contributed by atoms with E-state index in [0.29, 0.717) is 45.4 Å². The van der Waals surface area contributed by atoms with Gasteiger partial charge in [0.25, 0.3) is 0 Å². The number of amides is 1. The zero-order chi connectivity index (χ0) is 19.6. The molecule has 0 unspecified atom stereocenters. The van der Waals surface area contributed by atoms with E-state index in [1.54, 1.807) is 0 Å². The lowest BCUT2D eigenvalue weighted by molar-refractivity contribution is -0.113. The number of thioether (sulfide) groups is 1. The molecule has 0 radical (unpaired) electrons.